The molecule has 1 aliphatic carbocycles. The molecule has 2 rings (SSSR count). The fourth-order valence-corrected chi connectivity index (χ4v) is 3.56. The van der Waals surface area contributed by atoms with Crippen molar-refractivity contribution in [2.24, 2.45) is 10.9 Å². The maximum atomic E-state index is 12.2. The molecule has 1 aromatic carbocycles. The summed E-state index contributed by atoms with van der Waals surface area (Å²) in [5.41, 5.74) is 0.978. The molecule has 0 atom stereocenters. The van der Waals surface area contributed by atoms with E-state index in [0.29, 0.717) is 17.4 Å². The summed E-state index contributed by atoms with van der Waals surface area (Å²) in [5, 5.41) is 6.54. The van der Waals surface area contributed by atoms with E-state index in [4.69, 9.17) is 0 Å². The van der Waals surface area contributed by atoms with Crippen molar-refractivity contribution in [2.45, 2.75) is 57.5 Å². The Kier molecular flexibility index (Phi) is 7.25. The number of guanidine groups is 1. The molecule has 1 fully saturated rings. The molecule has 25 heavy (non-hydrogen) atoms. The van der Waals surface area contributed by atoms with Gasteiger partial charge in [0.25, 0.3) is 0 Å². The molecule has 1 saturated carbocycles. The Balaban J connectivity index is 1.93. The first-order chi connectivity index (χ1) is 11.9. The summed E-state index contributed by atoms with van der Waals surface area (Å²) in [7, 11) is -3.38. The highest BCUT2D eigenvalue weighted by atomic mass is 32.2. The van der Waals surface area contributed by atoms with Gasteiger partial charge in [-0.15, -0.1) is 0 Å². The molecule has 0 saturated heterocycles. The summed E-state index contributed by atoms with van der Waals surface area (Å²) in [6, 6.07) is 7.06. The molecule has 7 heteroatoms. The zero-order chi connectivity index (χ0) is 18.3. The molecule has 0 spiro atoms. The molecule has 0 heterocycles. The quantitative estimate of drug-likeness (QED) is 0.462. The van der Waals surface area contributed by atoms with Crippen LogP contribution in [0.4, 0.5) is 0 Å². The smallest absolute Gasteiger partial charge is 0.240 e. The second-order valence-electron chi connectivity index (χ2n) is 6.84. The zero-order valence-electron chi connectivity index (χ0n) is 15.4. The first-order valence-electron chi connectivity index (χ1n) is 9.04. The summed E-state index contributed by atoms with van der Waals surface area (Å²) in [6.45, 7) is 8.61. The number of rotatable bonds is 9. The molecule has 0 aromatic heterocycles. The second-order valence-corrected chi connectivity index (χ2v) is 8.56. The monoisotopic (exact) mass is 366 g/mol. The Bertz CT molecular complexity index is 665. The van der Waals surface area contributed by atoms with Gasteiger partial charge in [-0.1, -0.05) is 26.0 Å². The highest BCUT2D eigenvalue weighted by Gasteiger charge is 2.27. The van der Waals surface area contributed by atoms with Crippen molar-refractivity contribution in [3.05, 3.63) is 29.8 Å². The fourth-order valence-electron chi connectivity index (χ4n) is 2.25. The molecule has 1 aliphatic rings. The Morgan fingerprint density at radius 2 is 1.88 bits per heavy atom. The Labute approximate surface area is 151 Å². The first kappa shape index (κ1) is 19.7. The van der Waals surface area contributed by atoms with Crippen LogP contribution in [0.25, 0.3) is 0 Å². The number of benzene rings is 1. The van der Waals surface area contributed by atoms with Gasteiger partial charge in [0.05, 0.1) is 11.4 Å². The number of nitrogens with one attached hydrogen (secondary N) is 3. The lowest BCUT2D eigenvalue weighted by Gasteiger charge is -2.12. The molecule has 6 nitrogen and oxygen atoms in total. The predicted molar refractivity (Wildman–Crippen MR) is 102 cm³/mol. The predicted octanol–water partition coefficient (Wildman–Crippen LogP) is 2.23. The van der Waals surface area contributed by atoms with Crippen molar-refractivity contribution >= 4 is 16.0 Å². The van der Waals surface area contributed by atoms with E-state index in [9.17, 15) is 8.42 Å². The molecule has 0 amide bonds. The van der Waals surface area contributed by atoms with Gasteiger partial charge in [-0.05, 0) is 49.8 Å². The van der Waals surface area contributed by atoms with Crippen LogP contribution in [-0.2, 0) is 16.6 Å². The topological polar surface area (TPSA) is 82.6 Å². The van der Waals surface area contributed by atoms with Gasteiger partial charge in [-0.3, -0.25) is 0 Å². The Hall–Kier alpha value is -1.60. The van der Waals surface area contributed by atoms with Crippen LogP contribution in [-0.4, -0.2) is 33.5 Å². The van der Waals surface area contributed by atoms with E-state index >= 15 is 0 Å². The minimum atomic E-state index is -3.38. The number of sulfonamides is 1. The van der Waals surface area contributed by atoms with Crippen LogP contribution in [0.1, 0.15) is 45.6 Å². The average molecular weight is 367 g/mol. The molecular weight excluding hydrogens is 336 g/mol. The maximum Gasteiger partial charge on any atom is 0.240 e. The lowest BCUT2D eigenvalue weighted by atomic mass is 10.1. The summed E-state index contributed by atoms with van der Waals surface area (Å²) in [5.74, 6) is 1.43. The Morgan fingerprint density at radius 1 is 1.20 bits per heavy atom. The van der Waals surface area contributed by atoms with E-state index in [2.05, 4.69) is 34.2 Å². The summed E-state index contributed by atoms with van der Waals surface area (Å²) < 4.78 is 27.0. The lowest BCUT2D eigenvalue weighted by molar-refractivity contribution is 0.573. The van der Waals surface area contributed by atoms with Gasteiger partial charge in [-0.2, -0.15) is 0 Å². The van der Waals surface area contributed by atoms with Crippen LogP contribution < -0.4 is 15.4 Å². The van der Waals surface area contributed by atoms with Crippen molar-refractivity contribution in [3.8, 4) is 0 Å². The molecule has 3 N–H and O–H groups in total. The molecule has 0 aliphatic heterocycles. The molecule has 140 valence electrons. The van der Waals surface area contributed by atoms with E-state index < -0.39 is 10.0 Å². The van der Waals surface area contributed by atoms with Gasteiger partial charge in [0.2, 0.25) is 10.0 Å². The first-order valence-corrected chi connectivity index (χ1v) is 10.5. The van der Waals surface area contributed by atoms with E-state index in [1.54, 1.807) is 12.1 Å². The van der Waals surface area contributed by atoms with Crippen molar-refractivity contribution in [2.75, 3.05) is 13.1 Å². The second kappa shape index (κ2) is 9.20. The molecule has 0 radical (unpaired) electrons. The van der Waals surface area contributed by atoms with Crippen LogP contribution in [0, 0.1) is 5.92 Å². The van der Waals surface area contributed by atoms with Crippen LogP contribution in [0.15, 0.2) is 34.2 Å². The van der Waals surface area contributed by atoms with Gasteiger partial charge in [-0.25, -0.2) is 18.1 Å². The van der Waals surface area contributed by atoms with E-state index in [1.165, 1.54) is 0 Å². The summed E-state index contributed by atoms with van der Waals surface area (Å²) in [6.07, 6.45) is 2.96. The maximum absolute atomic E-state index is 12.2. The SMILES string of the molecule is CCNC(=NCc1ccc(S(=O)(=O)NC2CC2)cc1)NCCC(C)C. The van der Waals surface area contributed by atoms with Gasteiger partial charge < -0.3 is 10.6 Å². The third-order valence-electron chi connectivity index (χ3n) is 3.91. The summed E-state index contributed by atoms with van der Waals surface area (Å²) >= 11 is 0. The molecule has 1 aromatic rings. The van der Waals surface area contributed by atoms with Crippen LogP contribution in [0.5, 0.6) is 0 Å². The zero-order valence-corrected chi connectivity index (χ0v) is 16.2. The number of hydrogen-bond donors (Lipinski definition) is 3. The van der Waals surface area contributed by atoms with Crippen molar-refractivity contribution in [1.29, 1.82) is 0 Å². The van der Waals surface area contributed by atoms with Gasteiger partial charge in [0.1, 0.15) is 0 Å². The molecule has 0 unspecified atom stereocenters. The third kappa shape index (κ3) is 7.04. The van der Waals surface area contributed by atoms with E-state index in [-0.39, 0.29) is 6.04 Å². The van der Waals surface area contributed by atoms with Gasteiger partial charge >= 0.3 is 0 Å². The summed E-state index contributed by atoms with van der Waals surface area (Å²) in [4.78, 5) is 4.87. The van der Waals surface area contributed by atoms with E-state index in [0.717, 1.165) is 43.9 Å². The van der Waals surface area contributed by atoms with Crippen LogP contribution in [0.2, 0.25) is 0 Å². The van der Waals surface area contributed by atoms with E-state index in [1.807, 2.05) is 19.1 Å². The molecule has 0 bridgehead atoms. The third-order valence-corrected chi connectivity index (χ3v) is 5.45. The highest BCUT2D eigenvalue weighted by Crippen LogP contribution is 2.22. The molecular formula is C18H30N4O2S. The average Bonchev–Trinajstić information content (AvgIpc) is 3.36. The van der Waals surface area contributed by atoms with Crippen molar-refractivity contribution in [1.82, 2.24) is 15.4 Å². The highest BCUT2D eigenvalue weighted by molar-refractivity contribution is 7.89. The minimum absolute atomic E-state index is 0.119. The van der Waals surface area contributed by atoms with Gasteiger partial charge in [0.15, 0.2) is 5.96 Å². The normalized spacial score (nSPS) is 15.4. The number of nitrogens with zero attached hydrogens (tertiary/aromatic N) is 1. The Morgan fingerprint density at radius 3 is 2.44 bits per heavy atom. The van der Waals surface area contributed by atoms with Crippen LogP contribution in [0.3, 0.4) is 0 Å². The number of aliphatic imine (C=N–C) groups is 1. The van der Waals surface area contributed by atoms with Crippen LogP contribution >= 0.6 is 0 Å². The minimum Gasteiger partial charge on any atom is -0.357 e. The number of hydrogen-bond acceptors (Lipinski definition) is 3. The lowest BCUT2D eigenvalue weighted by Crippen LogP contribution is -2.38. The largest absolute Gasteiger partial charge is 0.357 e. The fraction of sp³-hybridized carbons (Fsp3) is 0.611. The van der Waals surface area contributed by atoms with Crippen molar-refractivity contribution < 1.29 is 8.42 Å². The van der Waals surface area contributed by atoms with Crippen molar-refractivity contribution in [3.63, 3.8) is 0 Å². The van der Waals surface area contributed by atoms with Gasteiger partial charge in [0, 0.05) is 19.1 Å². The standard InChI is InChI=1S/C18H30N4O2S/c1-4-19-18(20-12-11-14(2)3)21-13-15-5-9-17(10-6-15)25(23,24)22-16-7-8-16/h5-6,9-10,14,16,22H,4,7-8,11-13H2,1-3H3,(H2,19,20,21).